The zero-order valence-electron chi connectivity index (χ0n) is 18.2. The van der Waals surface area contributed by atoms with E-state index in [2.05, 4.69) is 32.9 Å². The number of halogens is 1. The summed E-state index contributed by atoms with van der Waals surface area (Å²) in [6.07, 6.45) is 7.49. The molecule has 2 N–H and O–H groups in total. The molecule has 10 heteroatoms. The second-order valence-electron chi connectivity index (χ2n) is 7.54. The highest BCUT2D eigenvalue weighted by Gasteiger charge is 2.14. The van der Waals surface area contributed by atoms with Crippen molar-refractivity contribution in [3.05, 3.63) is 77.4 Å². The summed E-state index contributed by atoms with van der Waals surface area (Å²) in [6, 6.07) is 6.43. The molecule has 32 heavy (non-hydrogen) atoms. The molecule has 0 fully saturated rings. The van der Waals surface area contributed by atoms with Gasteiger partial charge in [-0.15, -0.1) is 0 Å². The normalized spacial score (nSPS) is 11.0. The molecular formula is C22H25FN8S. The lowest BCUT2D eigenvalue weighted by Gasteiger charge is -2.10. The molecular weight excluding hydrogens is 427 g/mol. The Hall–Kier alpha value is -3.53. The Kier molecular flexibility index (Phi) is 6.31. The molecule has 0 aliphatic rings. The van der Waals surface area contributed by atoms with Crippen LogP contribution in [0, 0.1) is 19.7 Å². The fraction of sp³-hybridized carbons (Fsp3) is 0.273. The molecule has 0 amide bonds. The van der Waals surface area contributed by atoms with Gasteiger partial charge in [0.15, 0.2) is 5.11 Å². The Bertz CT molecular complexity index is 1220. The topological polar surface area (TPSA) is 77.5 Å². The van der Waals surface area contributed by atoms with E-state index in [9.17, 15) is 4.39 Å². The summed E-state index contributed by atoms with van der Waals surface area (Å²) >= 11 is 5.50. The summed E-state index contributed by atoms with van der Waals surface area (Å²) in [5, 5.41) is 20.1. The average Bonchev–Trinajstić information content (AvgIpc) is 3.47. The van der Waals surface area contributed by atoms with E-state index in [0.717, 1.165) is 40.4 Å². The molecule has 4 rings (SSSR count). The van der Waals surface area contributed by atoms with E-state index in [4.69, 9.17) is 12.2 Å². The van der Waals surface area contributed by atoms with Crippen LogP contribution in [0.5, 0.6) is 0 Å². The minimum atomic E-state index is -0.250. The Morgan fingerprint density at radius 2 is 1.72 bits per heavy atom. The number of aryl methyl sites for hydroxylation is 2. The Balaban J connectivity index is 1.38. The van der Waals surface area contributed by atoms with Crippen LogP contribution in [0.2, 0.25) is 0 Å². The van der Waals surface area contributed by atoms with Gasteiger partial charge < -0.3 is 10.6 Å². The van der Waals surface area contributed by atoms with Gasteiger partial charge in [-0.05, 0) is 50.7 Å². The van der Waals surface area contributed by atoms with E-state index < -0.39 is 0 Å². The molecule has 1 aromatic carbocycles. The van der Waals surface area contributed by atoms with Crippen LogP contribution in [0.15, 0.2) is 49.1 Å². The van der Waals surface area contributed by atoms with Gasteiger partial charge in [-0.1, -0.05) is 12.1 Å². The summed E-state index contributed by atoms with van der Waals surface area (Å²) in [7, 11) is 0. The van der Waals surface area contributed by atoms with E-state index in [1.54, 1.807) is 18.3 Å². The number of nitrogens with zero attached hydrogens (tertiary/aromatic N) is 6. The Morgan fingerprint density at radius 1 is 0.969 bits per heavy atom. The van der Waals surface area contributed by atoms with E-state index >= 15 is 0 Å². The predicted molar refractivity (Wildman–Crippen MR) is 126 cm³/mol. The molecule has 0 aliphatic heterocycles. The van der Waals surface area contributed by atoms with Gasteiger partial charge in [-0.3, -0.25) is 14.0 Å². The molecule has 3 aromatic heterocycles. The number of nitrogens with one attached hydrogen (secondary N) is 2. The first kappa shape index (κ1) is 21.7. The molecule has 3 heterocycles. The summed E-state index contributed by atoms with van der Waals surface area (Å²) in [5.41, 5.74) is 5.48. The predicted octanol–water partition coefficient (Wildman–Crippen LogP) is 3.96. The molecule has 0 atom stereocenters. The summed E-state index contributed by atoms with van der Waals surface area (Å²) < 4.78 is 18.8. The molecule has 0 bridgehead atoms. The van der Waals surface area contributed by atoms with Crippen molar-refractivity contribution in [1.29, 1.82) is 0 Å². The second-order valence-corrected chi connectivity index (χ2v) is 7.95. The van der Waals surface area contributed by atoms with E-state index in [0.29, 0.717) is 18.2 Å². The third-order valence-corrected chi connectivity index (χ3v) is 5.32. The fourth-order valence-electron chi connectivity index (χ4n) is 3.43. The monoisotopic (exact) mass is 452 g/mol. The van der Waals surface area contributed by atoms with Gasteiger partial charge in [-0.25, -0.2) is 4.39 Å². The molecule has 0 saturated carbocycles. The Morgan fingerprint density at radius 3 is 2.44 bits per heavy atom. The summed E-state index contributed by atoms with van der Waals surface area (Å²) in [4.78, 5) is 0. The SMILES string of the molecule is CCn1cc(Cn2cc(NC(=S)Nc3c(C)nn(Cc4ccc(F)cc4)c3C)cn2)cn1. The van der Waals surface area contributed by atoms with Gasteiger partial charge in [0, 0.05) is 24.5 Å². The highest BCUT2D eigenvalue weighted by molar-refractivity contribution is 7.80. The van der Waals surface area contributed by atoms with Crippen molar-refractivity contribution in [2.75, 3.05) is 10.6 Å². The number of hydrogen-bond acceptors (Lipinski definition) is 4. The van der Waals surface area contributed by atoms with Gasteiger partial charge in [0.25, 0.3) is 0 Å². The number of thiocarbonyl (C=S) groups is 1. The van der Waals surface area contributed by atoms with Crippen molar-refractivity contribution in [3.63, 3.8) is 0 Å². The van der Waals surface area contributed by atoms with Gasteiger partial charge in [0.05, 0.1) is 48.2 Å². The van der Waals surface area contributed by atoms with Gasteiger partial charge >= 0.3 is 0 Å². The fourth-order valence-corrected chi connectivity index (χ4v) is 3.65. The van der Waals surface area contributed by atoms with Crippen LogP contribution in [-0.2, 0) is 19.6 Å². The van der Waals surface area contributed by atoms with E-state index in [1.807, 2.05) is 46.5 Å². The maximum absolute atomic E-state index is 13.2. The summed E-state index contributed by atoms with van der Waals surface area (Å²) in [5.74, 6) is -0.250. The lowest BCUT2D eigenvalue weighted by Crippen LogP contribution is -2.19. The number of benzene rings is 1. The molecule has 4 aromatic rings. The summed E-state index contributed by atoms with van der Waals surface area (Å²) in [6.45, 7) is 7.98. The molecule has 0 unspecified atom stereocenters. The maximum Gasteiger partial charge on any atom is 0.175 e. The highest BCUT2D eigenvalue weighted by Crippen LogP contribution is 2.21. The van der Waals surface area contributed by atoms with Crippen LogP contribution in [0.25, 0.3) is 0 Å². The minimum Gasteiger partial charge on any atom is -0.330 e. The average molecular weight is 453 g/mol. The van der Waals surface area contributed by atoms with Crippen LogP contribution in [0.1, 0.15) is 29.4 Å². The highest BCUT2D eigenvalue weighted by atomic mass is 32.1. The molecule has 0 spiro atoms. The largest absolute Gasteiger partial charge is 0.330 e. The van der Waals surface area contributed by atoms with Crippen LogP contribution >= 0.6 is 12.2 Å². The number of rotatable bonds is 7. The number of anilines is 2. The zero-order chi connectivity index (χ0) is 22.7. The second kappa shape index (κ2) is 9.31. The van der Waals surface area contributed by atoms with Crippen molar-refractivity contribution in [2.24, 2.45) is 0 Å². The Labute approximate surface area is 191 Å². The lowest BCUT2D eigenvalue weighted by molar-refractivity contribution is 0.622. The van der Waals surface area contributed by atoms with Crippen molar-refractivity contribution in [1.82, 2.24) is 29.3 Å². The van der Waals surface area contributed by atoms with Gasteiger partial charge in [0.2, 0.25) is 0 Å². The molecule has 166 valence electrons. The quantitative estimate of drug-likeness (QED) is 0.414. The molecule has 0 radical (unpaired) electrons. The first-order valence-electron chi connectivity index (χ1n) is 10.3. The number of hydrogen-bond donors (Lipinski definition) is 2. The zero-order valence-corrected chi connectivity index (χ0v) is 19.0. The number of aromatic nitrogens is 6. The molecule has 0 saturated heterocycles. The maximum atomic E-state index is 13.2. The first-order valence-corrected chi connectivity index (χ1v) is 10.7. The molecule has 0 aliphatic carbocycles. The van der Waals surface area contributed by atoms with E-state index in [-0.39, 0.29) is 5.82 Å². The molecule has 8 nitrogen and oxygen atoms in total. The van der Waals surface area contributed by atoms with Gasteiger partial charge in [-0.2, -0.15) is 15.3 Å². The van der Waals surface area contributed by atoms with Gasteiger partial charge in [0.1, 0.15) is 5.82 Å². The minimum absolute atomic E-state index is 0.250. The van der Waals surface area contributed by atoms with Crippen molar-refractivity contribution in [3.8, 4) is 0 Å². The van der Waals surface area contributed by atoms with Crippen molar-refractivity contribution < 1.29 is 4.39 Å². The van der Waals surface area contributed by atoms with Crippen LogP contribution < -0.4 is 10.6 Å². The van der Waals surface area contributed by atoms with Crippen LogP contribution in [0.4, 0.5) is 15.8 Å². The van der Waals surface area contributed by atoms with Crippen molar-refractivity contribution in [2.45, 2.75) is 40.4 Å². The van der Waals surface area contributed by atoms with Crippen LogP contribution in [0.3, 0.4) is 0 Å². The third kappa shape index (κ3) is 5.02. The third-order valence-electron chi connectivity index (χ3n) is 5.11. The first-order chi connectivity index (χ1) is 15.4. The standard InChI is InChI=1S/C22H25FN8S/c1-4-29-11-18(9-24-29)12-30-14-20(10-25-30)26-22(32)27-21-15(2)28-31(16(21)3)13-17-5-7-19(23)8-6-17/h5-11,14H,4,12-13H2,1-3H3,(H2,26,27,32). The lowest BCUT2D eigenvalue weighted by atomic mass is 10.2. The van der Waals surface area contributed by atoms with Crippen molar-refractivity contribution >= 4 is 28.7 Å². The van der Waals surface area contributed by atoms with E-state index in [1.165, 1.54) is 12.1 Å². The smallest absolute Gasteiger partial charge is 0.175 e. The van der Waals surface area contributed by atoms with Crippen LogP contribution in [-0.4, -0.2) is 34.5 Å².